The number of likely N-dealkylation sites (N-methyl/N-ethyl adjacent to an activating group) is 1. The third kappa shape index (κ3) is 3.79. The van der Waals surface area contributed by atoms with Crippen molar-refractivity contribution in [2.45, 2.75) is 26.9 Å². The molecule has 0 radical (unpaired) electrons. The van der Waals surface area contributed by atoms with Crippen LogP contribution in [0, 0.1) is 0 Å². The molecule has 0 aliphatic carbocycles. The Morgan fingerprint density at radius 3 is 2.50 bits per heavy atom. The topological polar surface area (TPSA) is 29.5 Å². The summed E-state index contributed by atoms with van der Waals surface area (Å²) in [7, 11) is 0. The van der Waals surface area contributed by atoms with Gasteiger partial charge in [-0.15, -0.1) is 0 Å². The van der Waals surface area contributed by atoms with E-state index in [1.807, 2.05) is 13.8 Å². The van der Waals surface area contributed by atoms with Crippen molar-refractivity contribution in [2.24, 2.45) is 0 Å². The molecule has 0 aliphatic rings. The number of rotatable bonds is 5. The lowest BCUT2D eigenvalue weighted by Crippen LogP contribution is -2.40. The molecule has 0 spiro atoms. The zero-order valence-corrected chi connectivity index (χ0v) is 12.3. The quantitative estimate of drug-likeness (QED) is 0.828. The minimum atomic E-state index is -0.583. The van der Waals surface area contributed by atoms with E-state index in [0.29, 0.717) is 28.9 Å². The zero-order valence-electron chi connectivity index (χ0n) is 10.7. The Bertz CT molecular complexity index is 419. The van der Waals surface area contributed by atoms with Crippen LogP contribution in [0.2, 0.25) is 10.0 Å². The van der Waals surface area contributed by atoms with Gasteiger partial charge in [0.15, 0.2) is 6.10 Å². The molecule has 0 aromatic heterocycles. The van der Waals surface area contributed by atoms with Crippen molar-refractivity contribution in [1.82, 2.24) is 4.90 Å². The highest BCUT2D eigenvalue weighted by atomic mass is 35.5. The zero-order chi connectivity index (χ0) is 13.7. The highest BCUT2D eigenvalue weighted by molar-refractivity contribution is 6.34. The molecular weight excluding hydrogens is 273 g/mol. The molecule has 1 rings (SSSR count). The molecule has 5 heteroatoms. The maximum absolute atomic E-state index is 12.0. The summed E-state index contributed by atoms with van der Waals surface area (Å²) in [5.41, 5.74) is 0. The van der Waals surface area contributed by atoms with E-state index in [1.165, 1.54) is 0 Å². The first-order valence-corrected chi connectivity index (χ1v) is 6.65. The van der Waals surface area contributed by atoms with Crippen molar-refractivity contribution < 1.29 is 9.53 Å². The second-order valence-electron chi connectivity index (χ2n) is 3.85. The highest BCUT2D eigenvalue weighted by Crippen LogP contribution is 2.28. The van der Waals surface area contributed by atoms with E-state index in [9.17, 15) is 4.79 Å². The Morgan fingerprint density at radius 2 is 1.94 bits per heavy atom. The van der Waals surface area contributed by atoms with Crippen LogP contribution in [0.4, 0.5) is 0 Å². The van der Waals surface area contributed by atoms with E-state index in [0.717, 1.165) is 0 Å². The van der Waals surface area contributed by atoms with Gasteiger partial charge in [0, 0.05) is 24.2 Å². The first-order valence-electron chi connectivity index (χ1n) is 5.90. The number of benzene rings is 1. The van der Waals surface area contributed by atoms with Gasteiger partial charge in [0.25, 0.3) is 5.91 Å². The van der Waals surface area contributed by atoms with E-state index < -0.39 is 6.10 Å². The number of carbonyl (C=O) groups is 1. The van der Waals surface area contributed by atoms with Crippen LogP contribution >= 0.6 is 23.2 Å². The Kier molecular flexibility index (Phi) is 5.76. The Hall–Kier alpha value is -0.930. The summed E-state index contributed by atoms with van der Waals surface area (Å²) in [4.78, 5) is 13.7. The van der Waals surface area contributed by atoms with Gasteiger partial charge in [-0.25, -0.2) is 0 Å². The van der Waals surface area contributed by atoms with Gasteiger partial charge in [0.1, 0.15) is 5.75 Å². The smallest absolute Gasteiger partial charge is 0.263 e. The Labute approximate surface area is 118 Å². The molecule has 0 heterocycles. The maximum atomic E-state index is 12.0. The lowest BCUT2D eigenvalue weighted by molar-refractivity contribution is -0.137. The van der Waals surface area contributed by atoms with Crippen LogP contribution < -0.4 is 4.74 Å². The van der Waals surface area contributed by atoms with Crippen LogP contribution in [0.3, 0.4) is 0 Å². The summed E-state index contributed by atoms with van der Waals surface area (Å²) in [5, 5.41) is 0.968. The van der Waals surface area contributed by atoms with E-state index in [1.54, 1.807) is 30.0 Å². The molecule has 1 aromatic carbocycles. The number of nitrogens with zero attached hydrogens (tertiary/aromatic N) is 1. The summed E-state index contributed by atoms with van der Waals surface area (Å²) >= 11 is 11.8. The molecule has 0 unspecified atom stereocenters. The van der Waals surface area contributed by atoms with Gasteiger partial charge in [0.05, 0.1) is 5.02 Å². The highest BCUT2D eigenvalue weighted by Gasteiger charge is 2.20. The third-order valence-corrected chi connectivity index (χ3v) is 3.17. The first-order chi connectivity index (χ1) is 8.49. The SMILES string of the molecule is CCN(CC)C(=O)[C@@H](C)Oc1cc(Cl)ccc1Cl. The molecule has 0 saturated heterocycles. The number of halogens is 2. The lowest BCUT2D eigenvalue weighted by atomic mass is 10.3. The van der Waals surface area contributed by atoms with E-state index in [4.69, 9.17) is 27.9 Å². The summed E-state index contributed by atoms with van der Waals surface area (Å²) < 4.78 is 5.56. The number of hydrogen-bond acceptors (Lipinski definition) is 2. The molecule has 0 fully saturated rings. The summed E-state index contributed by atoms with van der Waals surface area (Å²) in [5.74, 6) is 0.369. The minimum absolute atomic E-state index is 0.0592. The van der Waals surface area contributed by atoms with Gasteiger partial charge in [-0.1, -0.05) is 23.2 Å². The molecule has 18 heavy (non-hydrogen) atoms. The predicted octanol–water partition coefficient (Wildman–Crippen LogP) is 3.63. The molecule has 1 amide bonds. The normalized spacial score (nSPS) is 12.1. The molecular formula is C13H17Cl2NO2. The van der Waals surface area contributed by atoms with Crippen LogP contribution in [0.25, 0.3) is 0 Å². The average Bonchev–Trinajstić information content (AvgIpc) is 2.35. The van der Waals surface area contributed by atoms with E-state index in [-0.39, 0.29) is 5.91 Å². The van der Waals surface area contributed by atoms with Crippen LogP contribution in [0.1, 0.15) is 20.8 Å². The molecule has 1 atom stereocenters. The molecule has 0 bridgehead atoms. The van der Waals surface area contributed by atoms with Crippen LogP contribution in [-0.2, 0) is 4.79 Å². The minimum Gasteiger partial charge on any atom is -0.479 e. The Balaban J connectivity index is 2.77. The van der Waals surface area contributed by atoms with Crippen molar-refractivity contribution in [3.63, 3.8) is 0 Å². The van der Waals surface area contributed by atoms with Crippen LogP contribution in [-0.4, -0.2) is 30.0 Å². The van der Waals surface area contributed by atoms with Gasteiger partial charge >= 0.3 is 0 Å². The standard InChI is InChI=1S/C13H17Cl2NO2/c1-4-16(5-2)13(17)9(3)18-12-8-10(14)6-7-11(12)15/h6-9H,4-5H2,1-3H3/t9-/m1/s1. The van der Waals surface area contributed by atoms with Crippen LogP contribution in [0.5, 0.6) is 5.75 Å². The lowest BCUT2D eigenvalue weighted by Gasteiger charge is -2.23. The monoisotopic (exact) mass is 289 g/mol. The fraction of sp³-hybridized carbons (Fsp3) is 0.462. The van der Waals surface area contributed by atoms with Gasteiger partial charge in [0.2, 0.25) is 0 Å². The number of carbonyl (C=O) groups excluding carboxylic acids is 1. The molecule has 0 saturated carbocycles. The summed E-state index contributed by atoms with van der Waals surface area (Å²) in [6, 6.07) is 4.93. The second kappa shape index (κ2) is 6.86. The molecule has 0 aliphatic heterocycles. The largest absolute Gasteiger partial charge is 0.479 e. The van der Waals surface area contributed by atoms with Crippen molar-refractivity contribution >= 4 is 29.1 Å². The fourth-order valence-electron chi connectivity index (χ4n) is 1.60. The van der Waals surface area contributed by atoms with E-state index in [2.05, 4.69) is 0 Å². The number of ether oxygens (including phenoxy) is 1. The first kappa shape index (κ1) is 15.1. The predicted molar refractivity (Wildman–Crippen MR) is 74.5 cm³/mol. The third-order valence-electron chi connectivity index (χ3n) is 2.62. The van der Waals surface area contributed by atoms with Crippen molar-refractivity contribution in [3.05, 3.63) is 28.2 Å². The summed E-state index contributed by atoms with van der Waals surface area (Å²) in [6.07, 6.45) is -0.583. The van der Waals surface area contributed by atoms with Gasteiger partial charge in [-0.2, -0.15) is 0 Å². The fourth-order valence-corrected chi connectivity index (χ4v) is 1.92. The molecule has 0 N–H and O–H groups in total. The van der Waals surface area contributed by atoms with Crippen molar-refractivity contribution in [2.75, 3.05) is 13.1 Å². The van der Waals surface area contributed by atoms with Gasteiger partial charge in [-0.05, 0) is 32.9 Å². The number of amides is 1. The van der Waals surface area contributed by atoms with E-state index >= 15 is 0 Å². The van der Waals surface area contributed by atoms with Gasteiger partial charge < -0.3 is 9.64 Å². The van der Waals surface area contributed by atoms with Crippen LogP contribution in [0.15, 0.2) is 18.2 Å². The Morgan fingerprint density at radius 1 is 1.33 bits per heavy atom. The molecule has 100 valence electrons. The molecule has 1 aromatic rings. The maximum Gasteiger partial charge on any atom is 0.263 e. The number of hydrogen-bond donors (Lipinski definition) is 0. The second-order valence-corrected chi connectivity index (χ2v) is 4.69. The van der Waals surface area contributed by atoms with Crippen molar-refractivity contribution in [3.8, 4) is 5.75 Å². The summed E-state index contributed by atoms with van der Waals surface area (Å²) in [6.45, 7) is 6.89. The van der Waals surface area contributed by atoms with Crippen molar-refractivity contribution in [1.29, 1.82) is 0 Å². The average molecular weight is 290 g/mol. The van der Waals surface area contributed by atoms with Gasteiger partial charge in [-0.3, -0.25) is 4.79 Å². The molecule has 3 nitrogen and oxygen atoms in total.